The van der Waals surface area contributed by atoms with Crippen LogP contribution in [0.15, 0.2) is 12.2 Å². The van der Waals surface area contributed by atoms with Gasteiger partial charge in [-0.15, -0.1) is 0 Å². The van der Waals surface area contributed by atoms with E-state index in [2.05, 4.69) is 42.5 Å². The van der Waals surface area contributed by atoms with Gasteiger partial charge in [-0.1, -0.05) is 60.2 Å². The highest BCUT2D eigenvalue weighted by atomic mass is 79.9. The first-order valence-corrected chi connectivity index (χ1v) is 20.2. The van der Waals surface area contributed by atoms with E-state index in [0.717, 1.165) is 44.9 Å². The molecule has 0 aromatic heterocycles. The van der Waals surface area contributed by atoms with E-state index in [-0.39, 0.29) is 36.5 Å². The van der Waals surface area contributed by atoms with E-state index in [1.165, 1.54) is 32.1 Å². The fourth-order valence-corrected chi connectivity index (χ4v) is 9.70. The molecule has 50 heavy (non-hydrogen) atoms. The van der Waals surface area contributed by atoms with Gasteiger partial charge in [0, 0.05) is 29.4 Å². The second kappa shape index (κ2) is 15.8. The topological polar surface area (TPSA) is 152 Å². The van der Waals surface area contributed by atoms with Gasteiger partial charge in [-0.2, -0.15) is 5.12 Å². The number of hydrazine groups is 2. The number of amides is 3. The summed E-state index contributed by atoms with van der Waals surface area (Å²) in [5, 5.41) is 18.1. The maximum absolute atomic E-state index is 14.5. The van der Waals surface area contributed by atoms with Crippen molar-refractivity contribution in [1.29, 1.82) is 0 Å². The normalized spacial score (nSPS) is 38.6. The van der Waals surface area contributed by atoms with Crippen molar-refractivity contribution < 1.29 is 29.0 Å². The smallest absolute Gasteiger partial charge is 0.408 e. The maximum Gasteiger partial charge on any atom is 0.408 e. The van der Waals surface area contributed by atoms with E-state index in [1.807, 2.05) is 12.2 Å². The summed E-state index contributed by atoms with van der Waals surface area (Å²) in [4.78, 5) is 56.4. The van der Waals surface area contributed by atoms with Crippen LogP contribution in [-0.4, -0.2) is 91.7 Å². The number of nitrogens with one attached hydrogen (secondary N) is 4. The van der Waals surface area contributed by atoms with Gasteiger partial charge in [-0.25, -0.2) is 20.4 Å². The van der Waals surface area contributed by atoms with E-state index >= 15 is 0 Å². The first-order chi connectivity index (χ1) is 23.8. The molecule has 3 saturated carbocycles. The minimum Gasteiger partial charge on any atom is -0.479 e. The van der Waals surface area contributed by atoms with Crippen LogP contribution < -0.4 is 21.5 Å². The van der Waals surface area contributed by atoms with Crippen molar-refractivity contribution >= 4 is 39.8 Å². The minimum atomic E-state index is -1.37. The van der Waals surface area contributed by atoms with Crippen LogP contribution >= 0.6 is 15.9 Å². The highest BCUT2D eigenvalue weighted by Crippen LogP contribution is 2.46. The van der Waals surface area contributed by atoms with Gasteiger partial charge >= 0.3 is 12.1 Å². The lowest BCUT2D eigenvalue weighted by Crippen LogP contribution is -2.56. The Bertz CT molecular complexity index is 1280. The summed E-state index contributed by atoms with van der Waals surface area (Å²) in [5.41, 5.74) is 5.61. The Kier molecular flexibility index (Phi) is 11.9. The van der Waals surface area contributed by atoms with Gasteiger partial charge in [0.2, 0.25) is 11.8 Å². The second-order valence-electron chi connectivity index (χ2n) is 16.8. The number of alkyl halides is 1. The van der Waals surface area contributed by atoms with Crippen LogP contribution in [0.2, 0.25) is 0 Å². The summed E-state index contributed by atoms with van der Waals surface area (Å²) in [6.45, 7) is 5.61. The number of alkyl carbamates (subject to hydrolysis) is 1. The van der Waals surface area contributed by atoms with Crippen molar-refractivity contribution in [2.24, 2.45) is 17.8 Å². The van der Waals surface area contributed by atoms with Crippen molar-refractivity contribution in [3.8, 4) is 0 Å². The predicted octanol–water partition coefficient (Wildman–Crippen LogP) is 4.93. The molecule has 13 heteroatoms. The van der Waals surface area contributed by atoms with Crippen LogP contribution in [0.1, 0.15) is 124 Å². The Hall–Kier alpha value is -2.22. The van der Waals surface area contributed by atoms with Crippen LogP contribution in [0.5, 0.6) is 0 Å². The number of hydrogen-bond donors (Lipinski definition) is 5. The molecule has 0 spiro atoms. The Labute approximate surface area is 305 Å². The molecule has 5 N–H and O–H groups in total. The summed E-state index contributed by atoms with van der Waals surface area (Å²) < 4.78 is 5.55. The molecular weight excluding hydrogens is 704 g/mol. The number of carbonyl (C=O) groups excluding carboxylic acids is 3. The fraction of sp³-hybridized carbons (Fsp3) is 0.838. The quantitative estimate of drug-likeness (QED) is 0.194. The molecule has 3 aliphatic heterocycles. The molecule has 5 fully saturated rings. The van der Waals surface area contributed by atoms with E-state index in [0.29, 0.717) is 42.3 Å². The zero-order chi connectivity index (χ0) is 35.6. The molecule has 0 radical (unpaired) electrons. The number of rotatable bonds is 5. The molecule has 2 unspecified atom stereocenters. The van der Waals surface area contributed by atoms with E-state index in [4.69, 9.17) is 4.74 Å². The number of allylic oxidation sites excluding steroid dienone is 1. The number of carbonyl (C=O) groups is 4. The number of carboxylic acids is 1. The highest BCUT2D eigenvalue weighted by Gasteiger charge is 2.61. The number of aliphatic carboxylic acids is 1. The molecule has 3 amide bonds. The Balaban J connectivity index is 1.26. The number of hydrogen-bond acceptors (Lipinski definition) is 8. The summed E-state index contributed by atoms with van der Waals surface area (Å²) in [6.07, 6.45) is 18.3. The third-order valence-corrected chi connectivity index (χ3v) is 12.9. The third-order valence-electron chi connectivity index (χ3n) is 12.0. The van der Waals surface area contributed by atoms with Gasteiger partial charge in [0.25, 0.3) is 0 Å². The van der Waals surface area contributed by atoms with Gasteiger partial charge in [0.05, 0.1) is 6.04 Å². The molecule has 3 aliphatic carbocycles. The lowest BCUT2D eigenvalue weighted by molar-refractivity contribution is -0.145. The number of fused-ring (bicyclic) bond motifs is 2. The van der Waals surface area contributed by atoms with Crippen LogP contribution in [-0.2, 0) is 19.1 Å². The average Bonchev–Trinajstić information content (AvgIpc) is 3.38. The molecule has 280 valence electrons. The average molecular weight is 764 g/mol. The number of ether oxygens (including phenoxy) is 1. The first-order valence-electron chi connectivity index (χ1n) is 19.3. The Morgan fingerprint density at radius 3 is 2.24 bits per heavy atom. The zero-order valence-corrected chi connectivity index (χ0v) is 31.7. The van der Waals surface area contributed by atoms with Crippen molar-refractivity contribution in [3.05, 3.63) is 12.2 Å². The third kappa shape index (κ3) is 8.69. The molecule has 6 rings (SSSR count). The molecule has 3 heterocycles. The van der Waals surface area contributed by atoms with E-state index in [1.54, 1.807) is 25.7 Å². The van der Waals surface area contributed by atoms with Gasteiger partial charge in [-0.05, 0) is 103 Å². The van der Waals surface area contributed by atoms with Crippen LogP contribution in [0.4, 0.5) is 4.79 Å². The maximum atomic E-state index is 14.5. The standard InChI is InChI=1S/C37H59BrN6O6/c1-36(2,3)50-35(49)39-28-15-11-6-4-5-10-14-25-21-37(25,34(47)48)40-32(45)29-20-27(22-43(29)33(28)46)44-41-30(23-12-8-7-9-13-23)31(42-44)24-16-18-26(38)19-17-24/h10,14,23-31,41-42H,4-9,11-13,15-22H2,1-3H3,(H,39,49)(H,40,45)(H,47,48)/b14-10-/t24?,25-,26?,27+,28+,29+,30?,31?,37-/m1/s1. The first kappa shape index (κ1) is 37.5. The van der Waals surface area contributed by atoms with Crippen LogP contribution in [0.3, 0.4) is 0 Å². The lowest BCUT2D eigenvalue weighted by Gasteiger charge is -2.36. The van der Waals surface area contributed by atoms with Crippen molar-refractivity contribution in [3.63, 3.8) is 0 Å². The molecule has 7 atom stereocenters. The van der Waals surface area contributed by atoms with Crippen molar-refractivity contribution in [2.45, 2.75) is 170 Å². The number of halogens is 1. The lowest BCUT2D eigenvalue weighted by atomic mass is 9.75. The SMILES string of the molecule is CC(C)(C)OC(=O)N[C@H]1CCCCC/C=C\[C@@H]2C[C@@]2(C(=O)O)NC(=O)[C@@H]2C[C@H](N3NC(C4CCCCC4)C(C4CCC(Br)CC4)N3)CN2C1=O. The Morgan fingerprint density at radius 1 is 0.940 bits per heavy atom. The van der Waals surface area contributed by atoms with Gasteiger partial charge in [-0.3, -0.25) is 9.59 Å². The van der Waals surface area contributed by atoms with Crippen molar-refractivity contribution in [1.82, 2.24) is 31.5 Å². The zero-order valence-electron chi connectivity index (χ0n) is 30.1. The fourth-order valence-electron chi connectivity index (χ4n) is 9.17. The molecule has 0 aromatic rings. The van der Waals surface area contributed by atoms with Gasteiger partial charge < -0.3 is 25.4 Å². The summed E-state index contributed by atoms with van der Waals surface area (Å²) >= 11 is 3.83. The molecule has 6 aliphatic rings. The minimum absolute atomic E-state index is 0.227. The molecule has 2 saturated heterocycles. The second-order valence-corrected chi connectivity index (χ2v) is 18.1. The summed E-state index contributed by atoms with van der Waals surface area (Å²) in [6, 6.07) is -1.46. The van der Waals surface area contributed by atoms with Gasteiger partial charge in [0.1, 0.15) is 23.2 Å². The number of carboxylic acid groups (broad SMARTS) is 1. The van der Waals surface area contributed by atoms with Crippen molar-refractivity contribution in [2.75, 3.05) is 6.54 Å². The summed E-state index contributed by atoms with van der Waals surface area (Å²) in [5.74, 6) is -1.05. The number of nitrogens with zero attached hydrogens (tertiary/aromatic N) is 2. The highest BCUT2D eigenvalue weighted by molar-refractivity contribution is 9.09. The Morgan fingerprint density at radius 2 is 1.58 bits per heavy atom. The van der Waals surface area contributed by atoms with Gasteiger partial charge in [0.15, 0.2) is 0 Å². The largest absolute Gasteiger partial charge is 0.479 e. The molecule has 0 aromatic carbocycles. The van der Waals surface area contributed by atoms with Crippen LogP contribution in [0.25, 0.3) is 0 Å². The predicted molar refractivity (Wildman–Crippen MR) is 193 cm³/mol. The molecular formula is C37H59BrN6O6. The molecule has 12 nitrogen and oxygen atoms in total. The molecule has 0 bridgehead atoms. The van der Waals surface area contributed by atoms with E-state index in [9.17, 15) is 24.3 Å². The van der Waals surface area contributed by atoms with Crippen LogP contribution in [0, 0.1) is 17.8 Å². The van der Waals surface area contributed by atoms with E-state index < -0.39 is 41.2 Å². The summed E-state index contributed by atoms with van der Waals surface area (Å²) in [7, 11) is 0. The monoisotopic (exact) mass is 762 g/mol.